The van der Waals surface area contributed by atoms with E-state index in [-0.39, 0.29) is 6.04 Å². The smallest absolute Gasteiger partial charge is 0.165 e. The zero-order chi connectivity index (χ0) is 13.3. The fourth-order valence-electron chi connectivity index (χ4n) is 1.82. The summed E-state index contributed by atoms with van der Waals surface area (Å²) in [6.45, 7) is 4.16. The fraction of sp³-hybridized carbons (Fsp3) is 0.333. The van der Waals surface area contributed by atoms with Gasteiger partial charge in [-0.25, -0.2) is 0 Å². The van der Waals surface area contributed by atoms with E-state index in [0.29, 0.717) is 15.4 Å². The highest BCUT2D eigenvalue weighted by atomic mass is 79.9. The van der Waals surface area contributed by atoms with Crippen LogP contribution in [0.2, 0.25) is 10.0 Å². The first kappa shape index (κ1) is 13.8. The molecule has 0 atom stereocenters. The van der Waals surface area contributed by atoms with Crippen LogP contribution in [0.5, 0.6) is 0 Å². The Bertz CT molecular complexity index is 566. The Hall–Kier alpha value is -0.580. The zero-order valence-electron chi connectivity index (χ0n) is 9.99. The molecule has 6 heteroatoms. The van der Waals surface area contributed by atoms with Crippen LogP contribution in [0.25, 0.3) is 11.4 Å². The molecule has 3 nitrogen and oxygen atoms in total. The highest BCUT2D eigenvalue weighted by Gasteiger charge is 2.18. The second-order valence-electron chi connectivity index (χ2n) is 4.14. The third-order valence-electron chi connectivity index (χ3n) is 2.59. The molecule has 0 N–H and O–H groups in total. The maximum atomic E-state index is 6.23. The SMILES string of the molecule is CC(C)n1c(CBr)nnc1-c1cccc(Cl)c1Cl. The van der Waals surface area contributed by atoms with Crippen molar-refractivity contribution in [2.75, 3.05) is 0 Å². The molecule has 0 saturated carbocycles. The Kier molecular flexibility index (Phi) is 4.30. The molecule has 0 fully saturated rings. The summed E-state index contributed by atoms with van der Waals surface area (Å²) in [5, 5.41) is 10.1. The Morgan fingerprint density at radius 3 is 2.61 bits per heavy atom. The van der Waals surface area contributed by atoms with Crippen LogP contribution in [-0.2, 0) is 5.33 Å². The van der Waals surface area contributed by atoms with Crippen molar-refractivity contribution in [3.63, 3.8) is 0 Å². The van der Waals surface area contributed by atoms with E-state index in [1.165, 1.54) is 0 Å². The van der Waals surface area contributed by atoms with E-state index >= 15 is 0 Å². The monoisotopic (exact) mass is 347 g/mol. The summed E-state index contributed by atoms with van der Waals surface area (Å²) in [7, 11) is 0. The lowest BCUT2D eigenvalue weighted by Crippen LogP contribution is -2.07. The Morgan fingerprint density at radius 1 is 1.28 bits per heavy atom. The number of benzene rings is 1. The molecule has 0 aliphatic carbocycles. The van der Waals surface area contributed by atoms with E-state index in [0.717, 1.165) is 17.2 Å². The van der Waals surface area contributed by atoms with Gasteiger partial charge in [-0.1, -0.05) is 45.2 Å². The number of nitrogens with zero attached hydrogens (tertiary/aromatic N) is 3. The van der Waals surface area contributed by atoms with Crippen molar-refractivity contribution in [3.05, 3.63) is 34.1 Å². The molecule has 96 valence electrons. The largest absolute Gasteiger partial charge is 0.308 e. The Labute approximate surface area is 124 Å². The third-order valence-corrected chi connectivity index (χ3v) is 3.92. The molecule has 0 aliphatic rings. The van der Waals surface area contributed by atoms with Gasteiger partial charge in [0.15, 0.2) is 5.82 Å². The van der Waals surface area contributed by atoms with Crippen molar-refractivity contribution >= 4 is 39.1 Å². The summed E-state index contributed by atoms with van der Waals surface area (Å²) in [6.07, 6.45) is 0. The molecule has 0 aliphatic heterocycles. The normalized spacial score (nSPS) is 11.2. The Morgan fingerprint density at radius 2 is 2.00 bits per heavy atom. The van der Waals surface area contributed by atoms with Crippen LogP contribution in [0.4, 0.5) is 0 Å². The van der Waals surface area contributed by atoms with Crippen molar-refractivity contribution in [3.8, 4) is 11.4 Å². The van der Waals surface area contributed by atoms with E-state index in [2.05, 4.69) is 40.0 Å². The molecule has 1 aromatic carbocycles. The number of alkyl halides is 1. The van der Waals surface area contributed by atoms with Gasteiger partial charge in [0.1, 0.15) is 5.82 Å². The van der Waals surface area contributed by atoms with Crippen LogP contribution < -0.4 is 0 Å². The van der Waals surface area contributed by atoms with Gasteiger partial charge in [0.05, 0.1) is 15.4 Å². The second-order valence-corrected chi connectivity index (χ2v) is 5.48. The predicted octanol–water partition coefficient (Wildman–Crippen LogP) is 4.73. The van der Waals surface area contributed by atoms with E-state index in [1.54, 1.807) is 6.07 Å². The first-order valence-corrected chi connectivity index (χ1v) is 7.38. The molecule has 18 heavy (non-hydrogen) atoms. The van der Waals surface area contributed by atoms with Crippen molar-refractivity contribution in [2.24, 2.45) is 0 Å². The van der Waals surface area contributed by atoms with Crippen LogP contribution in [0, 0.1) is 0 Å². The van der Waals surface area contributed by atoms with Crippen LogP contribution in [0.15, 0.2) is 18.2 Å². The van der Waals surface area contributed by atoms with Gasteiger partial charge in [-0.15, -0.1) is 10.2 Å². The summed E-state index contributed by atoms with van der Waals surface area (Å²) >= 11 is 15.7. The average Bonchev–Trinajstić information content (AvgIpc) is 2.76. The number of hydrogen-bond donors (Lipinski definition) is 0. The van der Waals surface area contributed by atoms with Gasteiger partial charge < -0.3 is 4.57 Å². The lowest BCUT2D eigenvalue weighted by Gasteiger charge is -2.14. The van der Waals surface area contributed by atoms with Crippen LogP contribution >= 0.6 is 39.1 Å². The van der Waals surface area contributed by atoms with Gasteiger partial charge in [-0.2, -0.15) is 0 Å². The van der Waals surface area contributed by atoms with Crippen LogP contribution in [0.3, 0.4) is 0 Å². The number of rotatable bonds is 3. The molecule has 0 spiro atoms. The molecule has 1 heterocycles. The van der Waals surface area contributed by atoms with E-state index < -0.39 is 0 Å². The molecule has 0 amide bonds. The van der Waals surface area contributed by atoms with Gasteiger partial charge >= 0.3 is 0 Å². The molecule has 1 aromatic heterocycles. The van der Waals surface area contributed by atoms with Crippen molar-refractivity contribution in [1.29, 1.82) is 0 Å². The standard InChI is InChI=1S/C12H12BrCl2N3/c1-7(2)18-10(6-13)16-17-12(18)8-4-3-5-9(14)11(8)15/h3-5,7H,6H2,1-2H3. The maximum Gasteiger partial charge on any atom is 0.165 e. The molecular formula is C12H12BrCl2N3. The highest BCUT2D eigenvalue weighted by molar-refractivity contribution is 9.08. The fourth-order valence-corrected chi connectivity index (χ4v) is 2.58. The molecule has 0 unspecified atom stereocenters. The first-order chi connectivity index (χ1) is 8.56. The van der Waals surface area contributed by atoms with Gasteiger partial charge in [-0.05, 0) is 26.0 Å². The first-order valence-electron chi connectivity index (χ1n) is 5.50. The molecule has 0 radical (unpaired) electrons. The predicted molar refractivity (Wildman–Crippen MR) is 78.5 cm³/mol. The van der Waals surface area contributed by atoms with Crippen molar-refractivity contribution < 1.29 is 0 Å². The van der Waals surface area contributed by atoms with Crippen LogP contribution in [-0.4, -0.2) is 14.8 Å². The van der Waals surface area contributed by atoms with Crippen molar-refractivity contribution in [2.45, 2.75) is 25.2 Å². The van der Waals surface area contributed by atoms with Crippen LogP contribution in [0.1, 0.15) is 25.7 Å². The number of hydrogen-bond acceptors (Lipinski definition) is 2. The molecule has 2 aromatic rings. The lowest BCUT2D eigenvalue weighted by atomic mass is 10.2. The summed E-state index contributed by atoms with van der Waals surface area (Å²) in [5.74, 6) is 1.61. The Balaban J connectivity index is 2.64. The summed E-state index contributed by atoms with van der Waals surface area (Å²) in [6, 6.07) is 5.76. The number of aromatic nitrogens is 3. The molecular weight excluding hydrogens is 337 g/mol. The minimum Gasteiger partial charge on any atom is -0.308 e. The average molecular weight is 349 g/mol. The minimum absolute atomic E-state index is 0.248. The van der Waals surface area contributed by atoms with E-state index in [9.17, 15) is 0 Å². The topological polar surface area (TPSA) is 30.7 Å². The molecule has 2 rings (SSSR count). The second kappa shape index (κ2) is 5.59. The van der Waals surface area contributed by atoms with Gasteiger partial charge in [-0.3, -0.25) is 0 Å². The molecule has 0 bridgehead atoms. The molecule has 0 saturated heterocycles. The summed E-state index contributed by atoms with van der Waals surface area (Å²) in [5.41, 5.74) is 0.803. The van der Waals surface area contributed by atoms with Gasteiger partial charge in [0, 0.05) is 11.6 Å². The number of halogens is 3. The van der Waals surface area contributed by atoms with E-state index in [4.69, 9.17) is 23.2 Å². The summed E-state index contributed by atoms with van der Waals surface area (Å²) in [4.78, 5) is 0. The highest BCUT2D eigenvalue weighted by Crippen LogP contribution is 2.34. The maximum absolute atomic E-state index is 6.23. The van der Waals surface area contributed by atoms with Gasteiger partial charge in [0.2, 0.25) is 0 Å². The van der Waals surface area contributed by atoms with Crippen molar-refractivity contribution in [1.82, 2.24) is 14.8 Å². The summed E-state index contributed by atoms with van der Waals surface area (Å²) < 4.78 is 2.05. The van der Waals surface area contributed by atoms with Gasteiger partial charge in [0.25, 0.3) is 0 Å². The minimum atomic E-state index is 0.248. The quantitative estimate of drug-likeness (QED) is 0.751. The zero-order valence-corrected chi connectivity index (χ0v) is 13.1. The van der Waals surface area contributed by atoms with E-state index in [1.807, 2.05) is 16.7 Å². The third kappa shape index (κ3) is 2.42. The lowest BCUT2D eigenvalue weighted by molar-refractivity contribution is 0.586.